The summed E-state index contributed by atoms with van der Waals surface area (Å²) >= 11 is 1.74. The Morgan fingerprint density at radius 1 is 1.10 bits per heavy atom. The maximum Gasteiger partial charge on any atom is 0.231 e. The Balaban J connectivity index is 2.09. The Bertz CT molecular complexity index is 407. The summed E-state index contributed by atoms with van der Waals surface area (Å²) in [5.74, 6) is 2.64. The van der Waals surface area contributed by atoms with E-state index in [1.54, 1.807) is 11.8 Å². The van der Waals surface area contributed by atoms with Crippen LogP contribution in [0.5, 0.6) is 0 Å². The van der Waals surface area contributed by atoms with Crippen molar-refractivity contribution in [2.75, 3.05) is 35.6 Å². The van der Waals surface area contributed by atoms with Gasteiger partial charge in [-0.15, -0.1) is 0 Å². The molecule has 6 heteroatoms. The molecule has 0 spiro atoms. The molecule has 2 rings (SSSR count). The second-order valence-electron chi connectivity index (χ2n) is 5.06. The van der Waals surface area contributed by atoms with Crippen LogP contribution in [0.15, 0.2) is 5.16 Å². The Labute approximate surface area is 126 Å². The zero-order chi connectivity index (χ0) is 14.2. The van der Waals surface area contributed by atoms with Gasteiger partial charge in [-0.3, -0.25) is 0 Å². The predicted molar refractivity (Wildman–Crippen MR) is 85.7 cm³/mol. The lowest BCUT2D eigenvalue weighted by molar-refractivity contribution is 0.817. The minimum atomic E-state index is 0.725. The van der Waals surface area contributed by atoms with Crippen LogP contribution in [0.2, 0.25) is 0 Å². The van der Waals surface area contributed by atoms with Gasteiger partial charge in [0, 0.05) is 25.4 Å². The van der Waals surface area contributed by atoms with Gasteiger partial charge >= 0.3 is 0 Å². The largest absolute Gasteiger partial charge is 0.354 e. The molecule has 0 aromatic carbocycles. The van der Waals surface area contributed by atoms with E-state index in [1.165, 1.54) is 25.7 Å². The Morgan fingerprint density at radius 3 is 2.60 bits per heavy atom. The molecule has 1 aliphatic heterocycles. The molecule has 0 amide bonds. The quantitative estimate of drug-likeness (QED) is 0.587. The fourth-order valence-corrected chi connectivity index (χ4v) is 3.01. The number of nitrogens with zero attached hydrogens (tertiary/aromatic N) is 4. The van der Waals surface area contributed by atoms with Gasteiger partial charge in [-0.2, -0.15) is 15.0 Å². The maximum atomic E-state index is 4.62. The predicted octanol–water partition coefficient (Wildman–Crippen LogP) is 3.19. The summed E-state index contributed by atoms with van der Waals surface area (Å²) in [4.78, 5) is 16.0. The van der Waals surface area contributed by atoms with Crippen molar-refractivity contribution in [3.63, 3.8) is 0 Å². The van der Waals surface area contributed by atoms with E-state index in [4.69, 9.17) is 0 Å². The lowest BCUT2D eigenvalue weighted by Gasteiger charge is -2.16. The third-order valence-corrected chi connectivity index (χ3v) is 4.19. The molecule has 0 bridgehead atoms. The van der Waals surface area contributed by atoms with Crippen LogP contribution in [-0.2, 0) is 0 Å². The van der Waals surface area contributed by atoms with Crippen LogP contribution in [0, 0.1) is 0 Å². The minimum absolute atomic E-state index is 0.725. The second kappa shape index (κ2) is 8.29. The summed E-state index contributed by atoms with van der Waals surface area (Å²) in [6, 6.07) is 0. The Hall–Kier alpha value is -1.04. The van der Waals surface area contributed by atoms with Crippen LogP contribution in [0.1, 0.15) is 46.0 Å². The van der Waals surface area contributed by atoms with E-state index in [0.29, 0.717) is 0 Å². The molecule has 1 aromatic rings. The van der Waals surface area contributed by atoms with Gasteiger partial charge in [-0.1, -0.05) is 32.0 Å². The van der Waals surface area contributed by atoms with Crippen molar-refractivity contribution in [1.29, 1.82) is 0 Å². The zero-order valence-corrected chi connectivity index (χ0v) is 13.4. The van der Waals surface area contributed by atoms with Gasteiger partial charge in [-0.05, 0) is 25.7 Å². The molecule has 1 aliphatic rings. The zero-order valence-electron chi connectivity index (χ0n) is 12.6. The summed E-state index contributed by atoms with van der Waals surface area (Å²) in [6.45, 7) is 7.39. The average Bonchev–Trinajstić information content (AvgIpc) is 2.99. The van der Waals surface area contributed by atoms with Crippen LogP contribution < -0.4 is 10.2 Å². The molecule has 2 heterocycles. The highest BCUT2D eigenvalue weighted by Gasteiger charge is 2.17. The number of nitrogens with one attached hydrogen (secondary N) is 1. The third kappa shape index (κ3) is 4.51. The Kier molecular flexibility index (Phi) is 6.36. The third-order valence-electron chi connectivity index (χ3n) is 3.25. The van der Waals surface area contributed by atoms with Crippen molar-refractivity contribution in [3.8, 4) is 0 Å². The first-order valence-corrected chi connectivity index (χ1v) is 8.69. The molecule has 0 radical (unpaired) electrons. The first-order valence-electron chi connectivity index (χ1n) is 7.71. The summed E-state index contributed by atoms with van der Waals surface area (Å²) in [5.41, 5.74) is 0. The van der Waals surface area contributed by atoms with Gasteiger partial charge in [0.1, 0.15) is 0 Å². The van der Waals surface area contributed by atoms with Crippen LogP contribution in [0.4, 0.5) is 11.9 Å². The molecule has 0 atom stereocenters. The fraction of sp³-hybridized carbons (Fsp3) is 0.786. The van der Waals surface area contributed by atoms with Gasteiger partial charge in [-0.25, -0.2) is 0 Å². The van der Waals surface area contributed by atoms with E-state index < -0.39 is 0 Å². The monoisotopic (exact) mass is 295 g/mol. The molecule has 1 fully saturated rings. The van der Waals surface area contributed by atoms with Crippen molar-refractivity contribution in [2.45, 2.75) is 51.1 Å². The molecule has 20 heavy (non-hydrogen) atoms. The maximum absolute atomic E-state index is 4.62. The molecular formula is C14H25N5S. The molecular weight excluding hydrogens is 270 g/mol. The van der Waals surface area contributed by atoms with Crippen LogP contribution >= 0.6 is 11.8 Å². The molecule has 0 saturated carbocycles. The molecule has 0 unspecified atom stereocenters. The topological polar surface area (TPSA) is 53.9 Å². The lowest BCUT2D eigenvalue weighted by Crippen LogP contribution is -2.22. The van der Waals surface area contributed by atoms with Crippen molar-refractivity contribution in [2.24, 2.45) is 0 Å². The van der Waals surface area contributed by atoms with Gasteiger partial charge in [0.2, 0.25) is 11.9 Å². The van der Waals surface area contributed by atoms with Crippen LogP contribution in [-0.4, -0.2) is 40.3 Å². The molecule has 1 saturated heterocycles. The van der Waals surface area contributed by atoms with Crippen LogP contribution in [0.25, 0.3) is 0 Å². The summed E-state index contributed by atoms with van der Waals surface area (Å²) in [7, 11) is 0. The highest BCUT2D eigenvalue weighted by Crippen LogP contribution is 2.22. The van der Waals surface area contributed by atoms with E-state index in [0.717, 1.165) is 48.9 Å². The van der Waals surface area contributed by atoms with Crippen molar-refractivity contribution in [3.05, 3.63) is 0 Å². The molecule has 1 aromatic heterocycles. The van der Waals surface area contributed by atoms with E-state index in [2.05, 4.69) is 39.0 Å². The molecule has 112 valence electrons. The summed E-state index contributed by atoms with van der Waals surface area (Å²) in [5, 5.41) is 4.14. The van der Waals surface area contributed by atoms with Crippen molar-refractivity contribution < 1.29 is 0 Å². The Morgan fingerprint density at radius 2 is 1.90 bits per heavy atom. The van der Waals surface area contributed by atoms with E-state index >= 15 is 0 Å². The number of unbranched alkanes of at least 4 members (excludes halogenated alkanes) is 1. The number of hydrogen-bond acceptors (Lipinski definition) is 6. The normalized spacial score (nSPS) is 14.8. The number of aromatic nitrogens is 3. The SMILES string of the molecule is CCCCSc1nc(NCCC)nc(N2CCCC2)n1. The first-order chi connectivity index (χ1) is 9.83. The molecule has 1 N–H and O–H groups in total. The molecule has 0 aliphatic carbocycles. The van der Waals surface area contributed by atoms with Crippen molar-refractivity contribution in [1.82, 2.24) is 15.0 Å². The number of rotatable bonds is 8. The fourth-order valence-electron chi connectivity index (χ4n) is 2.09. The van der Waals surface area contributed by atoms with E-state index in [1.807, 2.05) is 0 Å². The second-order valence-corrected chi connectivity index (χ2v) is 6.13. The first kappa shape index (κ1) is 15.4. The standard InChI is InChI=1S/C14H25N5S/c1-3-5-11-20-14-17-12(15-8-4-2)16-13(18-14)19-9-6-7-10-19/h3-11H2,1-2H3,(H,15,16,17,18). The van der Waals surface area contributed by atoms with Gasteiger partial charge in [0.25, 0.3) is 0 Å². The van der Waals surface area contributed by atoms with Crippen molar-refractivity contribution >= 4 is 23.7 Å². The van der Waals surface area contributed by atoms with Gasteiger partial charge in [0.05, 0.1) is 0 Å². The number of hydrogen-bond donors (Lipinski definition) is 1. The van der Waals surface area contributed by atoms with Gasteiger partial charge in [0.15, 0.2) is 5.16 Å². The highest BCUT2D eigenvalue weighted by molar-refractivity contribution is 7.99. The van der Waals surface area contributed by atoms with Crippen LogP contribution in [0.3, 0.4) is 0 Å². The lowest BCUT2D eigenvalue weighted by atomic mass is 10.4. The van der Waals surface area contributed by atoms with Gasteiger partial charge < -0.3 is 10.2 Å². The summed E-state index contributed by atoms with van der Waals surface area (Å²) in [6.07, 6.45) is 5.96. The minimum Gasteiger partial charge on any atom is -0.354 e. The number of anilines is 2. The smallest absolute Gasteiger partial charge is 0.231 e. The average molecular weight is 295 g/mol. The summed E-state index contributed by atoms with van der Waals surface area (Å²) < 4.78 is 0. The van der Waals surface area contributed by atoms with E-state index in [-0.39, 0.29) is 0 Å². The highest BCUT2D eigenvalue weighted by atomic mass is 32.2. The number of thioether (sulfide) groups is 1. The van der Waals surface area contributed by atoms with E-state index in [9.17, 15) is 0 Å². The molecule has 5 nitrogen and oxygen atoms in total.